The maximum Gasteiger partial charge on any atom is 0.232 e. The van der Waals surface area contributed by atoms with E-state index in [0.717, 1.165) is 24.0 Å². The van der Waals surface area contributed by atoms with Gasteiger partial charge in [-0.3, -0.25) is 0 Å². The average Bonchev–Trinajstić information content (AvgIpc) is 3.38. The number of rotatable bonds is 6. The fourth-order valence-electron chi connectivity index (χ4n) is 6.37. The highest BCUT2D eigenvalue weighted by molar-refractivity contribution is 5.46. The van der Waals surface area contributed by atoms with Crippen molar-refractivity contribution < 1.29 is 9.47 Å². The predicted molar refractivity (Wildman–Crippen MR) is 108 cm³/mol. The van der Waals surface area contributed by atoms with Gasteiger partial charge in [0.25, 0.3) is 0 Å². The first-order valence-electron chi connectivity index (χ1n) is 10.6. The predicted octanol–water partition coefficient (Wildman–Crippen LogP) is 5.44. The molecule has 28 heavy (non-hydrogen) atoms. The van der Waals surface area contributed by atoms with Crippen LogP contribution in [0.4, 0.5) is 0 Å². The maximum absolute atomic E-state index is 6.66. The molecule has 2 aliphatic carbocycles. The summed E-state index contributed by atoms with van der Waals surface area (Å²) in [5.41, 5.74) is 1.12. The van der Waals surface area contributed by atoms with Crippen molar-refractivity contribution in [2.75, 3.05) is 13.2 Å². The minimum absolute atomic E-state index is 0.366. The van der Waals surface area contributed by atoms with Crippen LogP contribution in [0.5, 0.6) is 0 Å². The lowest BCUT2D eigenvalue weighted by Gasteiger charge is -2.45. The first kappa shape index (κ1) is 18.0. The summed E-state index contributed by atoms with van der Waals surface area (Å²) in [5.74, 6) is -0.182. The van der Waals surface area contributed by atoms with Crippen LogP contribution in [0.3, 0.4) is 0 Å². The normalized spacial score (nSPS) is 34.6. The van der Waals surface area contributed by atoms with E-state index >= 15 is 0 Å². The summed E-state index contributed by atoms with van der Waals surface area (Å²) in [7, 11) is 0. The summed E-state index contributed by atoms with van der Waals surface area (Å²) in [6.07, 6.45) is 3.47. The minimum atomic E-state index is -0.915. The number of azo groups is 1. The van der Waals surface area contributed by atoms with E-state index in [0.29, 0.717) is 25.0 Å². The first-order chi connectivity index (χ1) is 13.8. The number of nitrogens with zero attached hydrogens (tertiary/aromatic N) is 2. The van der Waals surface area contributed by atoms with Crippen LogP contribution in [0.1, 0.15) is 44.2 Å². The van der Waals surface area contributed by atoms with Gasteiger partial charge in [0, 0.05) is 25.0 Å². The molecule has 0 amide bonds. The molecule has 0 radical (unpaired) electrons. The number of benzene rings is 2. The third-order valence-corrected chi connectivity index (χ3v) is 7.08. The second kappa shape index (κ2) is 6.50. The van der Waals surface area contributed by atoms with E-state index in [1.54, 1.807) is 0 Å². The van der Waals surface area contributed by atoms with E-state index in [-0.39, 0.29) is 0 Å². The summed E-state index contributed by atoms with van der Waals surface area (Å²) < 4.78 is 13.3. The Morgan fingerprint density at radius 3 is 1.57 bits per heavy atom. The lowest BCUT2D eigenvalue weighted by Crippen LogP contribution is -2.59. The molecule has 3 aliphatic rings. The van der Waals surface area contributed by atoms with Crippen LogP contribution in [0.25, 0.3) is 0 Å². The van der Waals surface area contributed by atoms with E-state index in [1.165, 1.54) is 6.42 Å². The van der Waals surface area contributed by atoms with Crippen molar-refractivity contribution in [3.8, 4) is 0 Å². The minimum Gasteiger partial charge on any atom is -0.345 e. The summed E-state index contributed by atoms with van der Waals surface area (Å²) in [6.45, 7) is 5.22. The number of ether oxygens (including phenoxy) is 2. The number of hydrogen-bond acceptors (Lipinski definition) is 4. The van der Waals surface area contributed by atoms with Gasteiger partial charge in [-0.15, -0.1) is 0 Å². The average molecular weight is 377 g/mol. The van der Waals surface area contributed by atoms with Gasteiger partial charge in [0.2, 0.25) is 5.79 Å². The van der Waals surface area contributed by atoms with Crippen LogP contribution in [-0.4, -0.2) is 19.0 Å². The van der Waals surface area contributed by atoms with Gasteiger partial charge in [-0.1, -0.05) is 67.1 Å². The van der Waals surface area contributed by atoms with Gasteiger partial charge in [-0.25, -0.2) is 0 Å². The monoisotopic (exact) mass is 376 g/mol. The molecular formula is C24H28N2O2. The lowest BCUT2D eigenvalue weighted by molar-refractivity contribution is -0.286. The second-order valence-electron chi connectivity index (χ2n) is 8.09. The SMILES string of the molecule is CCOC1(OCC)[C@]2(c3ccccc3)N=N[C@@]1(c1ccccc1)[C@H]1CCC[C@H]12. The van der Waals surface area contributed by atoms with Gasteiger partial charge in [-0.05, 0) is 37.8 Å². The molecule has 1 aliphatic heterocycles. The van der Waals surface area contributed by atoms with Crippen molar-refractivity contribution >= 4 is 0 Å². The standard InChI is InChI=1S/C24H28N2O2/c1-3-27-24(28-4-2)22(18-12-7-5-8-13-18)20-16-11-17-21(20)23(24,26-25-22)19-14-9-6-10-15-19/h5-10,12-15,20-21H,3-4,11,16-17H2,1-2H3/t20-,21+,22-,23+. The van der Waals surface area contributed by atoms with Crippen molar-refractivity contribution in [3.05, 3.63) is 71.8 Å². The van der Waals surface area contributed by atoms with Crippen molar-refractivity contribution in [1.82, 2.24) is 0 Å². The smallest absolute Gasteiger partial charge is 0.232 e. The zero-order valence-electron chi connectivity index (χ0n) is 16.7. The molecule has 2 aromatic rings. The molecular weight excluding hydrogens is 348 g/mol. The highest BCUT2D eigenvalue weighted by atomic mass is 16.7. The molecule has 0 unspecified atom stereocenters. The Morgan fingerprint density at radius 1 is 0.750 bits per heavy atom. The van der Waals surface area contributed by atoms with E-state index in [2.05, 4.69) is 60.7 Å². The Kier molecular flexibility index (Phi) is 4.18. The Morgan fingerprint density at radius 2 is 1.18 bits per heavy atom. The van der Waals surface area contributed by atoms with Gasteiger partial charge >= 0.3 is 0 Å². The highest BCUT2D eigenvalue weighted by Gasteiger charge is 2.84. The number of hydrogen-bond donors (Lipinski definition) is 0. The fourth-order valence-corrected chi connectivity index (χ4v) is 6.37. The topological polar surface area (TPSA) is 43.2 Å². The van der Waals surface area contributed by atoms with Crippen molar-refractivity contribution in [2.24, 2.45) is 22.1 Å². The van der Waals surface area contributed by atoms with Crippen LogP contribution in [0, 0.1) is 11.8 Å². The molecule has 146 valence electrons. The molecule has 2 aromatic carbocycles. The maximum atomic E-state index is 6.66. The zero-order valence-corrected chi connectivity index (χ0v) is 16.7. The molecule has 0 spiro atoms. The molecule has 4 heteroatoms. The zero-order chi connectivity index (χ0) is 19.2. The largest absolute Gasteiger partial charge is 0.345 e. The van der Waals surface area contributed by atoms with Gasteiger partial charge in [0.05, 0.1) is 0 Å². The van der Waals surface area contributed by atoms with Gasteiger partial charge in [0.15, 0.2) is 11.1 Å². The Bertz CT molecular complexity index is 797. The van der Waals surface area contributed by atoms with E-state index in [9.17, 15) is 0 Å². The fraction of sp³-hybridized carbons (Fsp3) is 0.500. The van der Waals surface area contributed by atoms with Crippen molar-refractivity contribution in [2.45, 2.75) is 50.0 Å². The van der Waals surface area contributed by atoms with E-state index in [1.807, 2.05) is 13.8 Å². The molecule has 4 atom stereocenters. The van der Waals surface area contributed by atoms with Gasteiger partial charge in [-0.2, -0.15) is 10.2 Å². The lowest BCUT2D eigenvalue weighted by atomic mass is 9.74. The van der Waals surface area contributed by atoms with Crippen LogP contribution in [0.15, 0.2) is 70.9 Å². The summed E-state index contributed by atoms with van der Waals surface area (Å²) in [4.78, 5) is 0. The molecule has 5 rings (SSSR count). The summed E-state index contributed by atoms with van der Waals surface area (Å²) in [6, 6.07) is 21.2. The van der Waals surface area contributed by atoms with Gasteiger partial charge < -0.3 is 9.47 Å². The summed E-state index contributed by atoms with van der Waals surface area (Å²) >= 11 is 0. The molecule has 2 fully saturated rings. The molecule has 0 N–H and O–H groups in total. The van der Waals surface area contributed by atoms with Crippen molar-refractivity contribution in [3.63, 3.8) is 0 Å². The first-order valence-corrected chi connectivity index (χ1v) is 10.6. The Balaban J connectivity index is 1.84. The third-order valence-electron chi connectivity index (χ3n) is 7.08. The van der Waals surface area contributed by atoms with Gasteiger partial charge in [0.1, 0.15) is 0 Å². The Labute approximate surface area is 167 Å². The summed E-state index contributed by atoms with van der Waals surface area (Å²) in [5, 5.41) is 10.1. The van der Waals surface area contributed by atoms with Crippen molar-refractivity contribution in [1.29, 1.82) is 0 Å². The van der Waals surface area contributed by atoms with E-state index in [4.69, 9.17) is 19.7 Å². The molecule has 2 saturated carbocycles. The molecule has 4 nitrogen and oxygen atoms in total. The number of fused-ring (bicyclic) bond motifs is 5. The van der Waals surface area contributed by atoms with Crippen LogP contribution < -0.4 is 0 Å². The quantitative estimate of drug-likeness (QED) is 0.630. The third kappa shape index (κ3) is 1.93. The molecule has 0 saturated heterocycles. The molecule has 0 aromatic heterocycles. The van der Waals surface area contributed by atoms with Crippen LogP contribution in [0.2, 0.25) is 0 Å². The van der Waals surface area contributed by atoms with Crippen LogP contribution in [-0.2, 0) is 20.6 Å². The van der Waals surface area contributed by atoms with Crippen LogP contribution >= 0.6 is 0 Å². The molecule has 1 heterocycles. The highest BCUT2D eigenvalue weighted by Crippen LogP contribution is 2.75. The second-order valence-corrected chi connectivity index (χ2v) is 8.09. The Hall–Kier alpha value is -2.04. The molecule has 2 bridgehead atoms. The van der Waals surface area contributed by atoms with E-state index < -0.39 is 16.9 Å².